The van der Waals surface area contributed by atoms with Gasteiger partial charge in [-0.1, -0.05) is 58.0 Å². The van der Waals surface area contributed by atoms with Crippen molar-refractivity contribution in [1.82, 2.24) is 19.6 Å². The summed E-state index contributed by atoms with van der Waals surface area (Å²) in [7, 11) is 0. The Hall–Kier alpha value is -2.47. The average Bonchev–Trinajstić information content (AvgIpc) is 2.69. The highest BCUT2D eigenvalue weighted by atomic mass is 16.2. The van der Waals surface area contributed by atoms with Crippen LogP contribution in [-0.2, 0) is 11.3 Å². The molecule has 1 amide bonds. The Balaban J connectivity index is 2.16. The molecule has 1 aromatic heterocycles. The number of carbonyl (C=O) groups excluding carboxylic acids is 1. The van der Waals surface area contributed by atoms with Crippen LogP contribution >= 0.6 is 0 Å². The quantitative estimate of drug-likeness (QED) is 0.632. The lowest BCUT2D eigenvalue weighted by molar-refractivity contribution is -0.132. The first-order valence-electron chi connectivity index (χ1n) is 10.1. The van der Waals surface area contributed by atoms with Gasteiger partial charge >= 0.3 is 0 Å². The molecule has 6 heteroatoms. The van der Waals surface area contributed by atoms with Crippen molar-refractivity contribution in [3.05, 3.63) is 52.8 Å². The second-order valence-corrected chi connectivity index (χ2v) is 7.34. The highest BCUT2D eigenvalue weighted by Gasteiger charge is 2.17. The molecule has 0 aliphatic heterocycles. The average molecular weight is 385 g/mol. The molecule has 0 atom stereocenters. The molecule has 152 valence electrons. The van der Waals surface area contributed by atoms with Crippen LogP contribution in [0.4, 0.5) is 0 Å². The number of nitrogens with zero attached hydrogens (tertiary/aromatic N) is 4. The summed E-state index contributed by atoms with van der Waals surface area (Å²) in [6.07, 6.45) is 0. The summed E-state index contributed by atoms with van der Waals surface area (Å²) in [5.74, 6) is 0.293. The SMILES string of the molecule is CCN(CC)CCN(CC(C)C)C(=O)Cn1nc(-c2ccccc2)ccc1=O. The monoisotopic (exact) mass is 384 g/mol. The largest absolute Gasteiger partial charge is 0.340 e. The standard InChI is InChI=1S/C22H32N4O2/c1-5-24(6-2)14-15-25(16-18(3)4)22(28)17-26-21(27)13-12-20(23-26)19-10-8-7-9-11-19/h7-13,18H,5-6,14-17H2,1-4H3. The fourth-order valence-electron chi connectivity index (χ4n) is 3.11. The second-order valence-electron chi connectivity index (χ2n) is 7.34. The summed E-state index contributed by atoms with van der Waals surface area (Å²) in [6, 6.07) is 12.8. The van der Waals surface area contributed by atoms with Crippen molar-refractivity contribution in [1.29, 1.82) is 0 Å². The van der Waals surface area contributed by atoms with E-state index in [9.17, 15) is 9.59 Å². The van der Waals surface area contributed by atoms with Gasteiger partial charge in [0.2, 0.25) is 5.91 Å². The zero-order valence-corrected chi connectivity index (χ0v) is 17.5. The molecular formula is C22H32N4O2. The van der Waals surface area contributed by atoms with Crippen LogP contribution in [0.25, 0.3) is 11.3 Å². The van der Waals surface area contributed by atoms with E-state index in [1.807, 2.05) is 35.2 Å². The summed E-state index contributed by atoms with van der Waals surface area (Å²) < 4.78 is 1.27. The first-order valence-corrected chi connectivity index (χ1v) is 10.1. The Labute approximate surface area is 167 Å². The van der Waals surface area contributed by atoms with E-state index in [2.05, 4.69) is 37.7 Å². The topological polar surface area (TPSA) is 58.4 Å². The smallest absolute Gasteiger partial charge is 0.267 e. The highest BCUT2D eigenvalue weighted by molar-refractivity contribution is 5.76. The summed E-state index contributed by atoms with van der Waals surface area (Å²) in [4.78, 5) is 29.4. The van der Waals surface area contributed by atoms with E-state index >= 15 is 0 Å². The van der Waals surface area contributed by atoms with Gasteiger partial charge in [0.1, 0.15) is 6.54 Å². The van der Waals surface area contributed by atoms with Gasteiger partial charge in [0, 0.05) is 31.3 Å². The van der Waals surface area contributed by atoms with Crippen LogP contribution in [0.1, 0.15) is 27.7 Å². The fourth-order valence-corrected chi connectivity index (χ4v) is 3.11. The molecule has 1 aromatic carbocycles. The maximum Gasteiger partial charge on any atom is 0.267 e. The molecule has 0 N–H and O–H groups in total. The van der Waals surface area contributed by atoms with Gasteiger partial charge in [-0.2, -0.15) is 5.10 Å². The van der Waals surface area contributed by atoms with E-state index in [4.69, 9.17) is 0 Å². The number of aromatic nitrogens is 2. The van der Waals surface area contributed by atoms with Gasteiger partial charge < -0.3 is 9.80 Å². The molecule has 0 aliphatic rings. The zero-order valence-electron chi connectivity index (χ0n) is 17.5. The van der Waals surface area contributed by atoms with Crippen LogP contribution in [0.15, 0.2) is 47.3 Å². The van der Waals surface area contributed by atoms with E-state index in [0.29, 0.717) is 24.7 Å². The molecule has 0 saturated carbocycles. The number of benzene rings is 1. The number of carbonyl (C=O) groups is 1. The van der Waals surface area contributed by atoms with E-state index in [0.717, 1.165) is 25.2 Å². The van der Waals surface area contributed by atoms with Gasteiger partial charge in [-0.3, -0.25) is 9.59 Å². The molecule has 0 aliphatic carbocycles. The lowest BCUT2D eigenvalue weighted by Gasteiger charge is -2.28. The minimum Gasteiger partial charge on any atom is -0.340 e. The molecule has 6 nitrogen and oxygen atoms in total. The second kappa shape index (κ2) is 10.8. The van der Waals surface area contributed by atoms with Crippen LogP contribution in [-0.4, -0.2) is 58.2 Å². The molecule has 28 heavy (non-hydrogen) atoms. The van der Waals surface area contributed by atoms with Crippen molar-refractivity contribution in [2.24, 2.45) is 5.92 Å². The highest BCUT2D eigenvalue weighted by Crippen LogP contribution is 2.14. The summed E-state index contributed by atoms with van der Waals surface area (Å²) >= 11 is 0. The third-order valence-electron chi connectivity index (χ3n) is 4.74. The Bertz CT molecular complexity index is 798. The fraction of sp³-hybridized carbons (Fsp3) is 0.500. The maximum absolute atomic E-state index is 12.9. The zero-order chi connectivity index (χ0) is 20.5. The normalized spacial score (nSPS) is 11.2. The first-order chi connectivity index (χ1) is 13.4. The van der Waals surface area contributed by atoms with Crippen molar-refractivity contribution in [3.63, 3.8) is 0 Å². The Kier molecular flexibility index (Phi) is 8.39. The van der Waals surface area contributed by atoms with Crippen LogP contribution in [0.3, 0.4) is 0 Å². The molecule has 0 spiro atoms. The number of hydrogen-bond donors (Lipinski definition) is 0. The third-order valence-corrected chi connectivity index (χ3v) is 4.74. The molecule has 0 bridgehead atoms. The van der Waals surface area contributed by atoms with Crippen LogP contribution < -0.4 is 5.56 Å². The molecule has 1 heterocycles. The molecule has 2 aromatic rings. The summed E-state index contributed by atoms with van der Waals surface area (Å²) in [6.45, 7) is 12.5. The van der Waals surface area contributed by atoms with Gasteiger partial charge in [-0.25, -0.2) is 4.68 Å². The van der Waals surface area contributed by atoms with Crippen molar-refractivity contribution in [2.75, 3.05) is 32.7 Å². The Morgan fingerprint density at radius 1 is 1.04 bits per heavy atom. The predicted molar refractivity (Wildman–Crippen MR) is 113 cm³/mol. The van der Waals surface area contributed by atoms with Crippen molar-refractivity contribution < 1.29 is 4.79 Å². The van der Waals surface area contributed by atoms with Crippen molar-refractivity contribution >= 4 is 5.91 Å². The molecular weight excluding hydrogens is 352 g/mol. The number of amides is 1. The predicted octanol–water partition coefficient (Wildman–Crippen LogP) is 2.74. The first kappa shape index (κ1) is 21.8. The van der Waals surface area contributed by atoms with Gasteiger partial charge in [0.15, 0.2) is 0 Å². The minimum absolute atomic E-state index is 0.0372. The van der Waals surface area contributed by atoms with Crippen LogP contribution in [0, 0.1) is 5.92 Å². The lowest BCUT2D eigenvalue weighted by atomic mass is 10.1. The number of likely N-dealkylation sites (N-methyl/N-ethyl adjacent to an activating group) is 1. The summed E-state index contributed by atoms with van der Waals surface area (Å²) in [5, 5.41) is 4.42. The molecule has 0 radical (unpaired) electrons. The van der Waals surface area contributed by atoms with E-state index in [1.54, 1.807) is 6.07 Å². The lowest BCUT2D eigenvalue weighted by Crippen LogP contribution is -2.43. The van der Waals surface area contributed by atoms with Crippen LogP contribution in [0.5, 0.6) is 0 Å². The van der Waals surface area contributed by atoms with E-state index in [-0.39, 0.29) is 18.0 Å². The number of hydrogen-bond acceptors (Lipinski definition) is 4. The van der Waals surface area contributed by atoms with Crippen molar-refractivity contribution in [2.45, 2.75) is 34.2 Å². The Morgan fingerprint density at radius 2 is 1.71 bits per heavy atom. The van der Waals surface area contributed by atoms with Crippen LogP contribution in [0.2, 0.25) is 0 Å². The van der Waals surface area contributed by atoms with Crippen molar-refractivity contribution in [3.8, 4) is 11.3 Å². The molecule has 2 rings (SSSR count). The Morgan fingerprint density at radius 3 is 2.32 bits per heavy atom. The third kappa shape index (κ3) is 6.30. The van der Waals surface area contributed by atoms with Gasteiger partial charge in [-0.15, -0.1) is 0 Å². The van der Waals surface area contributed by atoms with Gasteiger partial charge in [-0.05, 0) is 25.1 Å². The van der Waals surface area contributed by atoms with E-state index < -0.39 is 0 Å². The number of rotatable bonds is 10. The molecule has 0 saturated heterocycles. The van der Waals surface area contributed by atoms with Gasteiger partial charge in [0.05, 0.1) is 5.69 Å². The molecule has 0 fully saturated rings. The van der Waals surface area contributed by atoms with Gasteiger partial charge in [0.25, 0.3) is 5.56 Å². The van der Waals surface area contributed by atoms with E-state index in [1.165, 1.54) is 10.7 Å². The summed E-state index contributed by atoms with van der Waals surface area (Å²) in [5.41, 5.74) is 1.34. The maximum atomic E-state index is 12.9. The molecule has 0 unspecified atom stereocenters. The minimum atomic E-state index is -0.263.